The van der Waals surface area contributed by atoms with E-state index in [0.29, 0.717) is 12.6 Å². The lowest BCUT2D eigenvalue weighted by molar-refractivity contribution is -0.140. The molecule has 1 amide bonds. The molecular formula is C13H22N2O. The maximum Gasteiger partial charge on any atom is 0.227 e. The molecule has 0 radical (unpaired) electrons. The van der Waals surface area contributed by atoms with Gasteiger partial charge in [0, 0.05) is 24.5 Å². The second kappa shape index (κ2) is 5.36. The van der Waals surface area contributed by atoms with Crippen LogP contribution in [-0.4, -0.2) is 36.5 Å². The topological polar surface area (TPSA) is 32.3 Å². The van der Waals surface area contributed by atoms with Gasteiger partial charge in [-0.1, -0.05) is 26.7 Å². The first kappa shape index (κ1) is 13.1. The minimum Gasteiger partial charge on any atom is -0.342 e. The summed E-state index contributed by atoms with van der Waals surface area (Å²) in [6.07, 6.45) is 7.21. The van der Waals surface area contributed by atoms with E-state index in [-0.39, 0.29) is 11.3 Å². The van der Waals surface area contributed by atoms with Crippen molar-refractivity contribution in [1.29, 1.82) is 0 Å². The molecule has 0 aromatic rings. The van der Waals surface area contributed by atoms with Crippen LogP contribution in [0, 0.1) is 17.8 Å². The molecule has 1 saturated heterocycles. The van der Waals surface area contributed by atoms with Gasteiger partial charge in [-0.2, -0.15) is 0 Å². The lowest BCUT2D eigenvalue weighted by Gasteiger charge is -2.35. The van der Waals surface area contributed by atoms with Gasteiger partial charge < -0.3 is 10.2 Å². The molecule has 16 heavy (non-hydrogen) atoms. The van der Waals surface area contributed by atoms with Gasteiger partial charge in [0.15, 0.2) is 0 Å². The number of terminal acetylenes is 1. The highest BCUT2D eigenvalue weighted by atomic mass is 16.2. The highest BCUT2D eigenvalue weighted by molar-refractivity contribution is 5.81. The maximum absolute atomic E-state index is 12.0. The molecule has 0 unspecified atom stereocenters. The first-order chi connectivity index (χ1) is 7.45. The Labute approximate surface area is 98.6 Å². The molecule has 1 aliphatic heterocycles. The van der Waals surface area contributed by atoms with Gasteiger partial charge >= 0.3 is 0 Å². The Kier molecular flexibility index (Phi) is 4.37. The van der Waals surface area contributed by atoms with Gasteiger partial charge in [-0.15, -0.1) is 6.42 Å². The van der Waals surface area contributed by atoms with Crippen molar-refractivity contribution in [2.45, 2.75) is 39.7 Å². The van der Waals surface area contributed by atoms with Crippen LogP contribution in [0.25, 0.3) is 0 Å². The third-order valence-corrected chi connectivity index (χ3v) is 2.92. The van der Waals surface area contributed by atoms with Crippen LogP contribution in [0.2, 0.25) is 0 Å². The molecule has 0 aromatic heterocycles. The lowest BCUT2D eigenvalue weighted by Crippen LogP contribution is -2.48. The summed E-state index contributed by atoms with van der Waals surface area (Å²) in [5.41, 5.74) is -0.265. The van der Waals surface area contributed by atoms with Crippen LogP contribution >= 0.6 is 0 Å². The molecule has 1 N–H and O–H groups in total. The van der Waals surface area contributed by atoms with E-state index in [4.69, 9.17) is 6.42 Å². The summed E-state index contributed by atoms with van der Waals surface area (Å²) in [5, 5.41) is 3.30. The number of piperidine rings is 1. The molecule has 0 aromatic carbocycles. The van der Waals surface area contributed by atoms with Crippen LogP contribution in [0.1, 0.15) is 33.6 Å². The molecule has 1 aliphatic rings. The van der Waals surface area contributed by atoms with Crippen molar-refractivity contribution in [3.63, 3.8) is 0 Å². The number of amides is 1. The zero-order chi connectivity index (χ0) is 12.2. The van der Waals surface area contributed by atoms with E-state index in [1.165, 1.54) is 0 Å². The van der Waals surface area contributed by atoms with Gasteiger partial charge in [-0.25, -0.2) is 0 Å². The molecule has 1 rings (SSSR count). The Morgan fingerprint density at radius 3 is 2.44 bits per heavy atom. The van der Waals surface area contributed by atoms with Crippen LogP contribution in [0.4, 0.5) is 0 Å². The van der Waals surface area contributed by atoms with Gasteiger partial charge in [0.25, 0.3) is 0 Å². The standard InChI is InChI=1S/C13H22N2O/c1-5-8-14-11-6-9-15(10-7-11)12(16)13(2,3)4/h1,11,14H,6-10H2,2-4H3. The van der Waals surface area contributed by atoms with Crippen LogP contribution in [0.5, 0.6) is 0 Å². The molecule has 1 heterocycles. The highest BCUT2D eigenvalue weighted by Gasteiger charge is 2.29. The first-order valence-electron chi connectivity index (χ1n) is 5.91. The Hall–Kier alpha value is -1.01. The van der Waals surface area contributed by atoms with Crippen molar-refractivity contribution in [1.82, 2.24) is 10.2 Å². The Bertz CT molecular complexity index is 277. The molecule has 0 atom stereocenters. The number of nitrogens with zero attached hydrogens (tertiary/aromatic N) is 1. The third kappa shape index (κ3) is 3.53. The fourth-order valence-corrected chi connectivity index (χ4v) is 1.96. The minimum absolute atomic E-state index is 0.253. The summed E-state index contributed by atoms with van der Waals surface area (Å²) in [5.74, 6) is 2.83. The Morgan fingerprint density at radius 2 is 2.00 bits per heavy atom. The normalized spacial score (nSPS) is 18.2. The number of rotatable bonds is 2. The predicted molar refractivity (Wildman–Crippen MR) is 65.9 cm³/mol. The molecular weight excluding hydrogens is 200 g/mol. The SMILES string of the molecule is C#CCNC1CCN(C(=O)C(C)(C)C)CC1. The number of carbonyl (C=O) groups excluding carboxylic acids is 1. The summed E-state index contributed by atoms with van der Waals surface area (Å²) >= 11 is 0. The van der Waals surface area contributed by atoms with Crippen LogP contribution in [-0.2, 0) is 4.79 Å². The fourth-order valence-electron chi connectivity index (χ4n) is 1.96. The van der Waals surface area contributed by atoms with E-state index < -0.39 is 0 Å². The summed E-state index contributed by atoms with van der Waals surface area (Å²) < 4.78 is 0. The van der Waals surface area contributed by atoms with Crippen molar-refractivity contribution in [2.75, 3.05) is 19.6 Å². The smallest absolute Gasteiger partial charge is 0.227 e. The molecule has 90 valence electrons. The molecule has 0 saturated carbocycles. The van der Waals surface area contributed by atoms with E-state index in [1.807, 2.05) is 25.7 Å². The van der Waals surface area contributed by atoms with E-state index >= 15 is 0 Å². The van der Waals surface area contributed by atoms with Crippen LogP contribution in [0.3, 0.4) is 0 Å². The second-order valence-electron chi connectivity index (χ2n) is 5.40. The third-order valence-electron chi connectivity index (χ3n) is 2.92. The maximum atomic E-state index is 12.0. The lowest BCUT2D eigenvalue weighted by atomic mass is 9.93. The molecule has 1 fully saturated rings. The molecule has 3 nitrogen and oxygen atoms in total. The average Bonchev–Trinajstić information content (AvgIpc) is 2.25. The van der Waals surface area contributed by atoms with Crippen LogP contribution in [0.15, 0.2) is 0 Å². The summed E-state index contributed by atoms with van der Waals surface area (Å²) in [6, 6.07) is 0.472. The van der Waals surface area contributed by atoms with E-state index in [1.54, 1.807) is 0 Å². The number of nitrogens with one attached hydrogen (secondary N) is 1. The number of hydrogen-bond acceptors (Lipinski definition) is 2. The summed E-state index contributed by atoms with van der Waals surface area (Å²) in [7, 11) is 0. The zero-order valence-corrected chi connectivity index (χ0v) is 10.5. The van der Waals surface area contributed by atoms with Gasteiger partial charge in [-0.05, 0) is 12.8 Å². The minimum atomic E-state index is -0.265. The van der Waals surface area contributed by atoms with Crippen molar-refractivity contribution in [3.05, 3.63) is 0 Å². The monoisotopic (exact) mass is 222 g/mol. The Balaban J connectivity index is 2.38. The van der Waals surface area contributed by atoms with Crippen molar-refractivity contribution in [3.8, 4) is 12.3 Å². The van der Waals surface area contributed by atoms with Crippen molar-refractivity contribution < 1.29 is 4.79 Å². The quantitative estimate of drug-likeness (QED) is 0.713. The van der Waals surface area contributed by atoms with Crippen LogP contribution < -0.4 is 5.32 Å². The molecule has 0 spiro atoms. The largest absolute Gasteiger partial charge is 0.342 e. The molecule has 0 bridgehead atoms. The zero-order valence-electron chi connectivity index (χ0n) is 10.5. The highest BCUT2D eigenvalue weighted by Crippen LogP contribution is 2.20. The van der Waals surface area contributed by atoms with E-state index in [0.717, 1.165) is 25.9 Å². The van der Waals surface area contributed by atoms with Crippen molar-refractivity contribution in [2.24, 2.45) is 5.41 Å². The number of likely N-dealkylation sites (tertiary alicyclic amines) is 1. The van der Waals surface area contributed by atoms with Crippen molar-refractivity contribution >= 4 is 5.91 Å². The van der Waals surface area contributed by atoms with Gasteiger partial charge in [0.2, 0.25) is 5.91 Å². The van der Waals surface area contributed by atoms with E-state index in [9.17, 15) is 4.79 Å². The van der Waals surface area contributed by atoms with E-state index in [2.05, 4.69) is 11.2 Å². The molecule has 3 heteroatoms. The second-order valence-corrected chi connectivity index (χ2v) is 5.40. The fraction of sp³-hybridized carbons (Fsp3) is 0.769. The predicted octanol–water partition coefficient (Wildman–Crippen LogP) is 1.25. The number of carbonyl (C=O) groups is 1. The summed E-state index contributed by atoms with van der Waals surface area (Å²) in [4.78, 5) is 14.0. The number of hydrogen-bond donors (Lipinski definition) is 1. The molecule has 0 aliphatic carbocycles. The Morgan fingerprint density at radius 1 is 1.44 bits per heavy atom. The average molecular weight is 222 g/mol. The summed E-state index contributed by atoms with van der Waals surface area (Å²) in [6.45, 7) is 8.22. The van der Waals surface area contributed by atoms with Gasteiger partial charge in [0.1, 0.15) is 0 Å². The van der Waals surface area contributed by atoms with Gasteiger partial charge in [-0.3, -0.25) is 4.79 Å². The van der Waals surface area contributed by atoms with Gasteiger partial charge in [0.05, 0.1) is 6.54 Å². The first-order valence-corrected chi connectivity index (χ1v) is 5.91.